The maximum Gasteiger partial charge on any atom is 0.231 e. The van der Waals surface area contributed by atoms with Crippen LogP contribution >= 0.6 is 11.6 Å². The molecule has 2 heterocycles. The lowest BCUT2D eigenvalue weighted by atomic mass is 10.1. The van der Waals surface area contributed by atoms with Crippen molar-refractivity contribution in [1.29, 1.82) is 0 Å². The molecule has 4 nitrogen and oxygen atoms in total. The highest BCUT2D eigenvalue weighted by molar-refractivity contribution is 6.30. The van der Waals surface area contributed by atoms with Gasteiger partial charge in [-0.25, -0.2) is 0 Å². The molecule has 0 atom stereocenters. The third kappa shape index (κ3) is 2.92. The second-order valence-electron chi connectivity index (χ2n) is 4.84. The molecule has 0 radical (unpaired) electrons. The summed E-state index contributed by atoms with van der Waals surface area (Å²) >= 11 is 6.02. The van der Waals surface area contributed by atoms with Gasteiger partial charge in [0.05, 0.1) is 11.4 Å². The summed E-state index contributed by atoms with van der Waals surface area (Å²) in [5, 5.41) is 8.05. The van der Waals surface area contributed by atoms with Crippen molar-refractivity contribution in [2.24, 2.45) is 0 Å². The first-order valence-corrected chi connectivity index (χ1v) is 7.17. The van der Waals surface area contributed by atoms with E-state index in [4.69, 9.17) is 21.1 Å². The average molecular weight is 315 g/mol. The highest BCUT2D eigenvalue weighted by Gasteiger charge is 2.14. The van der Waals surface area contributed by atoms with E-state index in [9.17, 15) is 0 Å². The molecule has 1 aliphatic rings. The molecule has 0 fully saturated rings. The lowest BCUT2D eigenvalue weighted by Gasteiger charge is -1.98. The van der Waals surface area contributed by atoms with Crippen molar-refractivity contribution in [3.8, 4) is 11.3 Å². The summed E-state index contributed by atoms with van der Waals surface area (Å²) in [5.74, 6) is 1.31. The number of hydrogen-bond donors (Lipinski definition) is 1. The standard InChI is InChI=1S/C17H15ClN2O2/c1-3-16-17(22-10-21-16)7-11(2)14-9-15(20-19-14)12-5-4-6-13(18)8-12/h3-9H,1,10H2,2H3,(H,19,20)/b11-7+. The van der Waals surface area contributed by atoms with Crippen LogP contribution in [-0.2, 0) is 9.47 Å². The van der Waals surface area contributed by atoms with Crippen molar-refractivity contribution in [3.05, 3.63) is 71.3 Å². The normalized spacial score (nSPS) is 14.7. The quantitative estimate of drug-likeness (QED) is 0.901. The van der Waals surface area contributed by atoms with Crippen LogP contribution in [0.5, 0.6) is 0 Å². The number of H-pyrrole nitrogens is 1. The van der Waals surface area contributed by atoms with Crippen molar-refractivity contribution in [3.63, 3.8) is 0 Å². The summed E-state index contributed by atoms with van der Waals surface area (Å²) < 4.78 is 10.7. The van der Waals surface area contributed by atoms with Gasteiger partial charge in [0.25, 0.3) is 0 Å². The van der Waals surface area contributed by atoms with Crippen molar-refractivity contribution in [2.75, 3.05) is 6.79 Å². The number of benzene rings is 1. The van der Waals surface area contributed by atoms with E-state index >= 15 is 0 Å². The Morgan fingerprint density at radius 3 is 2.91 bits per heavy atom. The predicted octanol–water partition coefficient (Wildman–Crippen LogP) is 4.54. The Labute approximate surface area is 133 Å². The first-order chi connectivity index (χ1) is 10.7. The minimum atomic E-state index is 0.217. The van der Waals surface area contributed by atoms with E-state index in [2.05, 4.69) is 16.8 Å². The summed E-state index contributed by atoms with van der Waals surface area (Å²) in [6.45, 7) is 5.88. The Kier molecular flexibility index (Phi) is 4.02. The maximum absolute atomic E-state index is 6.02. The van der Waals surface area contributed by atoms with E-state index in [0.29, 0.717) is 16.5 Å². The molecule has 0 aliphatic carbocycles. The van der Waals surface area contributed by atoms with Crippen LogP contribution in [0.25, 0.3) is 16.8 Å². The molecule has 0 saturated heterocycles. The van der Waals surface area contributed by atoms with Gasteiger partial charge in [-0.1, -0.05) is 30.3 Å². The van der Waals surface area contributed by atoms with Crippen LogP contribution in [-0.4, -0.2) is 17.0 Å². The molecule has 112 valence electrons. The SMILES string of the molecule is C=CC1=C(/C=C(\C)c2cc(-c3cccc(Cl)c3)[nH]n2)OCO1. The topological polar surface area (TPSA) is 47.1 Å². The number of ether oxygens (including phenoxy) is 2. The van der Waals surface area contributed by atoms with Crippen LogP contribution in [0, 0.1) is 0 Å². The van der Waals surface area contributed by atoms with E-state index in [1.54, 1.807) is 6.08 Å². The van der Waals surface area contributed by atoms with Crippen LogP contribution in [0.1, 0.15) is 12.6 Å². The second-order valence-corrected chi connectivity index (χ2v) is 5.28. The first-order valence-electron chi connectivity index (χ1n) is 6.79. The first kappa shape index (κ1) is 14.5. The van der Waals surface area contributed by atoms with Gasteiger partial charge in [0.15, 0.2) is 11.5 Å². The minimum Gasteiger partial charge on any atom is -0.454 e. The van der Waals surface area contributed by atoms with Gasteiger partial charge in [0.1, 0.15) is 0 Å². The van der Waals surface area contributed by atoms with Gasteiger partial charge in [0, 0.05) is 10.6 Å². The highest BCUT2D eigenvalue weighted by atomic mass is 35.5. The fourth-order valence-corrected chi connectivity index (χ4v) is 2.36. The van der Waals surface area contributed by atoms with Crippen molar-refractivity contribution in [2.45, 2.75) is 6.92 Å². The Morgan fingerprint density at radius 1 is 1.32 bits per heavy atom. The number of nitrogens with zero attached hydrogens (tertiary/aromatic N) is 1. The van der Waals surface area contributed by atoms with Crippen molar-refractivity contribution < 1.29 is 9.47 Å². The van der Waals surface area contributed by atoms with Gasteiger partial charge in [0.2, 0.25) is 6.79 Å². The summed E-state index contributed by atoms with van der Waals surface area (Å²) in [4.78, 5) is 0. The molecular formula is C17H15ClN2O2. The number of halogens is 1. The van der Waals surface area contributed by atoms with Gasteiger partial charge in [-0.15, -0.1) is 0 Å². The maximum atomic E-state index is 6.02. The zero-order chi connectivity index (χ0) is 15.5. The van der Waals surface area contributed by atoms with Gasteiger partial charge < -0.3 is 9.47 Å². The molecule has 3 rings (SSSR count). The van der Waals surface area contributed by atoms with Crippen LogP contribution < -0.4 is 0 Å². The van der Waals surface area contributed by atoms with Crippen molar-refractivity contribution >= 4 is 17.2 Å². The number of allylic oxidation sites excluding steroid dienone is 3. The summed E-state index contributed by atoms with van der Waals surface area (Å²) in [5.41, 5.74) is 3.70. The van der Waals surface area contributed by atoms with E-state index in [1.807, 2.05) is 43.3 Å². The molecule has 0 saturated carbocycles. The molecule has 22 heavy (non-hydrogen) atoms. The minimum absolute atomic E-state index is 0.217. The number of rotatable bonds is 4. The van der Waals surface area contributed by atoms with Gasteiger partial charge >= 0.3 is 0 Å². The predicted molar refractivity (Wildman–Crippen MR) is 86.9 cm³/mol. The van der Waals surface area contributed by atoms with E-state index in [0.717, 1.165) is 22.5 Å². The zero-order valence-electron chi connectivity index (χ0n) is 12.1. The number of nitrogens with one attached hydrogen (secondary N) is 1. The Morgan fingerprint density at radius 2 is 2.14 bits per heavy atom. The molecule has 1 N–H and O–H groups in total. The fraction of sp³-hybridized carbons (Fsp3) is 0.118. The highest BCUT2D eigenvalue weighted by Crippen LogP contribution is 2.26. The van der Waals surface area contributed by atoms with E-state index < -0.39 is 0 Å². The van der Waals surface area contributed by atoms with Gasteiger partial charge in [-0.05, 0) is 42.8 Å². The monoisotopic (exact) mass is 314 g/mol. The summed E-state index contributed by atoms with van der Waals surface area (Å²) in [7, 11) is 0. The van der Waals surface area contributed by atoms with E-state index in [-0.39, 0.29) is 6.79 Å². The van der Waals surface area contributed by atoms with Gasteiger partial charge in [-0.3, -0.25) is 5.10 Å². The van der Waals surface area contributed by atoms with Crippen LogP contribution in [0.3, 0.4) is 0 Å². The third-order valence-electron chi connectivity index (χ3n) is 3.32. The Balaban J connectivity index is 1.89. The Hall–Kier alpha value is -2.46. The molecule has 0 spiro atoms. The fourth-order valence-electron chi connectivity index (χ4n) is 2.17. The molecule has 1 aromatic heterocycles. The van der Waals surface area contributed by atoms with Gasteiger partial charge in [-0.2, -0.15) is 5.10 Å². The van der Waals surface area contributed by atoms with Crippen LogP contribution in [0.15, 0.2) is 60.6 Å². The molecular weight excluding hydrogens is 300 g/mol. The van der Waals surface area contributed by atoms with Crippen molar-refractivity contribution in [1.82, 2.24) is 10.2 Å². The zero-order valence-corrected chi connectivity index (χ0v) is 12.9. The van der Waals surface area contributed by atoms with Crippen LogP contribution in [0.2, 0.25) is 5.02 Å². The summed E-state index contributed by atoms with van der Waals surface area (Å²) in [6, 6.07) is 9.60. The Bertz CT molecular complexity index is 774. The average Bonchev–Trinajstić information content (AvgIpc) is 3.16. The van der Waals surface area contributed by atoms with Crippen LogP contribution in [0.4, 0.5) is 0 Å². The molecule has 2 aromatic rings. The molecule has 1 aliphatic heterocycles. The lowest BCUT2D eigenvalue weighted by Crippen LogP contribution is -1.85. The van der Waals surface area contributed by atoms with E-state index in [1.165, 1.54) is 0 Å². The lowest BCUT2D eigenvalue weighted by molar-refractivity contribution is 0.0779. The largest absolute Gasteiger partial charge is 0.454 e. The summed E-state index contributed by atoms with van der Waals surface area (Å²) in [6.07, 6.45) is 3.52. The third-order valence-corrected chi connectivity index (χ3v) is 3.56. The molecule has 5 heteroatoms. The number of aromatic nitrogens is 2. The molecule has 0 amide bonds. The molecule has 1 aromatic carbocycles. The smallest absolute Gasteiger partial charge is 0.231 e. The number of hydrogen-bond acceptors (Lipinski definition) is 3. The number of aromatic amines is 1. The molecule has 0 bridgehead atoms. The second kappa shape index (κ2) is 6.12. The molecule has 0 unspecified atom stereocenters.